The van der Waals surface area contributed by atoms with Crippen molar-refractivity contribution in [2.75, 3.05) is 47.5 Å². The molecule has 2 atom stereocenters. The maximum atomic E-state index is 12.9. The van der Waals surface area contributed by atoms with Crippen molar-refractivity contribution < 1.29 is 42.9 Å². The van der Waals surface area contributed by atoms with Crippen LogP contribution >= 0.6 is 0 Å². The van der Waals surface area contributed by atoms with Gasteiger partial charge in [0.15, 0.2) is 12.4 Å². The standard InChI is InChI=1S/C70H125NO8/c1-6-8-10-12-14-16-18-20-22-24-26-28-30-32-33-34-35-37-39-41-43-45-47-49-51-53-55-57-59-61-68(73)79-66(65-78-70(69(74)75)76-63-62-71(3,4)5)64-77-67(72)60-58-56-54-52-50-48-46-44-42-40-38-36-31-29-27-25-23-21-19-17-15-13-11-9-7-2/h8,10,14,16,20,22,25-28,32-33,66,70H,6-7,9,11-13,15,17-19,21,23-24,29-31,34-65H2,1-5H3/b10-8-,16-14-,22-20-,27-25-,28-26-,33-32-. The van der Waals surface area contributed by atoms with E-state index in [4.69, 9.17) is 18.9 Å². The fraction of sp³-hybridized carbons (Fsp3) is 0.786. The number of carboxylic acids is 1. The van der Waals surface area contributed by atoms with E-state index >= 15 is 0 Å². The van der Waals surface area contributed by atoms with Crippen molar-refractivity contribution in [3.8, 4) is 0 Å². The highest BCUT2D eigenvalue weighted by Crippen LogP contribution is 2.17. The van der Waals surface area contributed by atoms with Gasteiger partial charge in [0.1, 0.15) is 13.2 Å². The van der Waals surface area contributed by atoms with E-state index in [2.05, 4.69) is 86.8 Å². The lowest BCUT2D eigenvalue weighted by Gasteiger charge is -2.26. The number of likely N-dealkylation sites (N-methyl/N-ethyl adjacent to an activating group) is 1. The minimum atomic E-state index is -1.62. The Bertz CT molecular complexity index is 1520. The van der Waals surface area contributed by atoms with Crippen LogP contribution in [0.2, 0.25) is 0 Å². The average molecular weight is 1110 g/mol. The van der Waals surface area contributed by atoms with Gasteiger partial charge in [-0.25, -0.2) is 0 Å². The van der Waals surface area contributed by atoms with Gasteiger partial charge in [-0.05, 0) is 83.5 Å². The van der Waals surface area contributed by atoms with Crippen molar-refractivity contribution in [1.82, 2.24) is 0 Å². The Morgan fingerprint density at radius 3 is 1.09 bits per heavy atom. The van der Waals surface area contributed by atoms with Gasteiger partial charge in [-0.15, -0.1) is 0 Å². The van der Waals surface area contributed by atoms with Gasteiger partial charge in [-0.3, -0.25) is 9.59 Å². The molecule has 0 amide bonds. The molecule has 0 aromatic rings. The smallest absolute Gasteiger partial charge is 0.306 e. The molecule has 0 rings (SSSR count). The first kappa shape index (κ1) is 75.7. The van der Waals surface area contributed by atoms with Gasteiger partial charge in [0, 0.05) is 12.8 Å². The zero-order chi connectivity index (χ0) is 57.6. The lowest BCUT2D eigenvalue weighted by Crippen LogP contribution is -2.44. The molecule has 0 aliphatic carbocycles. The van der Waals surface area contributed by atoms with Crippen molar-refractivity contribution in [3.63, 3.8) is 0 Å². The zero-order valence-electron chi connectivity index (χ0n) is 52.2. The zero-order valence-corrected chi connectivity index (χ0v) is 52.2. The number of nitrogens with zero attached hydrogens (tertiary/aromatic N) is 1. The molecule has 0 aliphatic heterocycles. The fourth-order valence-corrected chi connectivity index (χ4v) is 9.38. The largest absolute Gasteiger partial charge is 0.545 e. The van der Waals surface area contributed by atoms with Crippen LogP contribution in [0.3, 0.4) is 0 Å². The van der Waals surface area contributed by atoms with Gasteiger partial charge >= 0.3 is 11.9 Å². The number of carboxylic acid groups (broad SMARTS) is 1. The number of unbranched alkanes of at least 4 members (excludes halogenated alkanes) is 34. The van der Waals surface area contributed by atoms with Crippen LogP contribution < -0.4 is 5.11 Å². The maximum absolute atomic E-state index is 12.9. The summed E-state index contributed by atoms with van der Waals surface area (Å²) >= 11 is 0. The predicted molar refractivity (Wildman–Crippen MR) is 334 cm³/mol. The van der Waals surface area contributed by atoms with Gasteiger partial charge in [0.05, 0.1) is 40.3 Å². The molecule has 0 bridgehead atoms. The van der Waals surface area contributed by atoms with Crippen LogP contribution in [-0.2, 0) is 33.3 Å². The minimum absolute atomic E-state index is 0.146. The molecule has 0 N–H and O–H groups in total. The summed E-state index contributed by atoms with van der Waals surface area (Å²) in [6, 6.07) is 0. The first-order valence-corrected chi connectivity index (χ1v) is 33.1. The quantitative estimate of drug-likeness (QED) is 0.0195. The summed E-state index contributed by atoms with van der Waals surface area (Å²) in [6.07, 6.45) is 76.8. The molecule has 0 radical (unpaired) electrons. The molecular weight excluding hydrogens is 983 g/mol. The van der Waals surface area contributed by atoms with Crippen LogP contribution in [0.25, 0.3) is 0 Å². The lowest BCUT2D eigenvalue weighted by atomic mass is 10.0. The summed E-state index contributed by atoms with van der Waals surface area (Å²) < 4.78 is 22.8. The molecule has 0 saturated heterocycles. The van der Waals surface area contributed by atoms with E-state index in [1.165, 1.54) is 193 Å². The Hall–Kier alpha value is -3.27. The number of carbonyl (C=O) groups is 3. The summed E-state index contributed by atoms with van der Waals surface area (Å²) in [4.78, 5) is 37.4. The molecule has 0 spiro atoms. The third-order valence-electron chi connectivity index (χ3n) is 14.4. The van der Waals surface area contributed by atoms with Gasteiger partial charge in [-0.2, -0.15) is 0 Å². The number of aliphatic carboxylic acids is 1. The number of carbonyl (C=O) groups excluding carboxylic acids is 3. The third-order valence-corrected chi connectivity index (χ3v) is 14.4. The first-order chi connectivity index (χ1) is 38.6. The molecule has 0 aromatic carbocycles. The molecule has 0 saturated carbocycles. The number of allylic oxidation sites excluding steroid dienone is 12. The van der Waals surface area contributed by atoms with Gasteiger partial charge in [-0.1, -0.05) is 273 Å². The summed E-state index contributed by atoms with van der Waals surface area (Å²) in [7, 11) is 5.93. The van der Waals surface area contributed by atoms with E-state index in [1.54, 1.807) is 0 Å². The molecule has 0 aromatic heterocycles. The van der Waals surface area contributed by atoms with Crippen LogP contribution in [0.15, 0.2) is 72.9 Å². The second kappa shape index (κ2) is 60.8. The Morgan fingerprint density at radius 1 is 0.392 bits per heavy atom. The summed E-state index contributed by atoms with van der Waals surface area (Å²) in [5, 5.41) is 11.8. The molecule has 9 heteroatoms. The van der Waals surface area contributed by atoms with Gasteiger partial charge in [0.25, 0.3) is 0 Å². The van der Waals surface area contributed by atoms with Crippen LogP contribution in [0.1, 0.15) is 296 Å². The Morgan fingerprint density at radius 2 is 0.722 bits per heavy atom. The second-order valence-electron chi connectivity index (χ2n) is 23.4. The molecule has 0 aliphatic rings. The highest BCUT2D eigenvalue weighted by Gasteiger charge is 2.22. The fourth-order valence-electron chi connectivity index (χ4n) is 9.38. The molecule has 9 nitrogen and oxygen atoms in total. The van der Waals surface area contributed by atoms with Crippen molar-refractivity contribution >= 4 is 17.9 Å². The van der Waals surface area contributed by atoms with Crippen molar-refractivity contribution in [2.24, 2.45) is 0 Å². The van der Waals surface area contributed by atoms with Crippen molar-refractivity contribution in [3.05, 3.63) is 72.9 Å². The van der Waals surface area contributed by atoms with E-state index < -0.39 is 24.3 Å². The number of hydrogen-bond acceptors (Lipinski definition) is 8. The Balaban J connectivity index is 4.15. The molecular formula is C70H125NO8. The van der Waals surface area contributed by atoms with Crippen LogP contribution in [-0.4, -0.2) is 82.3 Å². The molecule has 0 fully saturated rings. The van der Waals surface area contributed by atoms with Crippen LogP contribution in [0, 0.1) is 0 Å². The highest BCUT2D eigenvalue weighted by atomic mass is 16.7. The third kappa shape index (κ3) is 62.2. The van der Waals surface area contributed by atoms with Crippen molar-refractivity contribution in [2.45, 2.75) is 309 Å². The molecule has 79 heavy (non-hydrogen) atoms. The number of esters is 2. The van der Waals surface area contributed by atoms with Crippen LogP contribution in [0.4, 0.5) is 0 Å². The molecule has 2 unspecified atom stereocenters. The second-order valence-corrected chi connectivity index (χ2v) is 23.4. The predicted octanol–water partition coefficient (Wildman–Crippen LogP) is 18.8. The Kier molecular flexibility index (Phi) is 58.3. The topological polar surface area (TPSA) is 111 Å². The van der Waals surface area contributed by atoms with E-state index in [0.717, 1.165) is 70.6 Å². The SMILES string of the molecule is CC/C=C\C/C=C\C/C=C\C/C=C\C/C=C\CCCCCCCCCCCCCCCC(=O)OC(COC(=O)CCCCCCCCCCCCCCC/C=C\CCCCCCCCCC)COC(OCC[N+](C)(C)C)C(=O)[O-]. The minimum Gasteiger partial charge on any atom is -0.545 e. The summed E-state index contributed by atoms with van der Waals surface area (Å²) in [5.41, 5.74) is 0. The van der Waals surface area contributed by atoms with E-state index in [1.807, 2.05) is 21.1 Å². The highest BCUT2D eigenvalue weighted by molar-refractivity contribution is 5.70. The Labute approximate surface area is 487 Å². The summed E-state index contributed by atoms with van der Waals surface area (Å²) in [6.45, 7) is 4.67. The lowest BCUT2D eigenvalue weighted by molar-refractivity contribution is -0.870. The monoisotopic (exact) mass is 1110 g/mol. The van der Waals surface area contributed by atoms with E-state index in [0.29, 0.717) is 23.9 Å². The van der Waals surface area contributed by atoms with E-state index in [9.17, 15) is 19.5 Å². The number of ether oxygens (including phenoxy) is 4. The van der Waals surface area contributed by atoms with E-state index in [-0.39, 0.29) is 32.2 Å². The number of hydrogen-bond donors (Lipinski definition) is 0. The van der Waals surface area contributed by atoms with Crippen LogP contribution in [0.5, 0.6) is 0 Å². The average Bonchev–Trinajstić information content (AvgIpc) is 3.42. The first-order valence-electron chi connectivity index (χ1n) is 33.1. The van der Waals surface area contributed by atoms with Gasteiger partial charge < -0.3 is 33.3 Å². The molecule has 458 valence electrons. The number of quaternary nitrogens is 1. The maximum Gasteiger partial charge on any atom is 0.306 e. The normalized spacial score (nSPS) is 13.2. The summed E-state index contributed by atoms with van der Waals surface area (Å²) in [5.74, 6) is -2.27. The van der Waals surface area contributed by atoms with Crippen molar-refractivity contribution in [1.29, 1.82) is 0 Å². The van der Waals surface area contributed by atoms with Gasteiger partial charge in [0.2, 0.25) is 0 Å². The molecule has 0 heterocycles. The number of rotatable bonds is 61.